The molecular formula is C27H29F5N8O4. The molecule has 0 aromatic carbocycles. The number of hydrogen-bond acceptors (Lipinski definition) is 8. The van der Waals surface area contributed by atoms with Crippen molar-refractivity contribution in [1.29, 1.82) is 0 Å². The van der Waals surface area contributed by atoms with E-state index in [1.807, 2.05) is 11.4 Å². The van der Waals surface area contributed by atoms with Crippen LogP contribution in [0, 0.1) is 5.92 Å². The molecule has 0 bridgehead atoms. The van der Waals surface area contributed by atoms with Gasteiger partial charge in [-0.3, -0.25) is 4.79 Å². The maximum Gasteiger partial charge on any atom is 0.410 e. The van der Waals surface area contributed by atoms with Crippen molar-refractivity contribution in [1.82, 2.24) is 40.4 Å². The molecule has 3 aliphatic rings. The van der Waals surface area contributed by atoms with Gasteiger partial charge in [0.15, 0.2) is 11.3 Å². The van der Waals surface area contributed by atoms with Crippen LogP contribution in [0.1, 0.15) is 78.0 Å². The molecule has 1 saturated heterocycles. The molecule has 2 fully saturated rings. The molecule has 236 valence electrons. The standard InChI is InChI=1S/C27H29F5N8O4/c1-43-13-18(39-12-19(27(30,31)32)35-25(39)42)16-9-20-34-17(11-40(20)33-10-16)21(15-5-7-26(28,29)8-6-15)36-24(41)23-22(37-44-38-23)14-3-2-4-14/h3,9-11,15,18-19,21H,2,4-8,12-13H2,1H3,(H,35,42)(H,36,41)/t18-,19+,21+/m1/s1. The van der Waals surface area contributed by atoms with Gasteiger partial charge in [0.2, 0.25) is 5.92 Å². The summed E-state index contributed by atoms with van der Waals surface area (Å²) in [6.07, 6.45) is 1.35. The smallest absolute Gasteiger partial charge is 0.382 e. The molecule has 17 heteroatoms. The molecule has 6 rings (SSSR count). The Morgan fingerprint density at radius 3 is 2.66 bits per heavy atom. The molecule has 3 amide bonds. The maximum absolute atomic E-state index is 14.1. The number of urea groups is 1. The Labute approximate surface area is 247 Å². The van der Waals surface area contributed by atoms with Crippen LogP contribution in [0.25, 0.3) is 11.2 Å². The molecule has 3 aromatic heterocycles. The second-order valence-corrected chi connectivity index (χ2v) is 11.3. The highest BCUT2D eigenvalue weighted by molar-refractivity contribution is 5.97. The monoisotopic (exact) mass is 624 g/mol. The molecule has 2 N–H and O–H groups in total. The highest BCUT2D eigenvalue weighted by atomic mass is 19.4. The van der Waals surface area contributed by atoms with Gasteiger partial charge in [0.05, 0.1) is 43.3 Å². The van der Waals surface area contributed by atoms with E-state index in [9.17, 15) is 31.5 Å². The van der Waals surface area contributed by atoms with Crippen molar-refractivity contribution in [2.45, 2.75) is 68.7 Å². The fourth-order valence-electron chi connectivity index (χ4n) is 5.87. The van der Waals surface area contributed by atoms with Crippen LogP contribution < -0.4 is 10.6 Å². The first-order valence-electron chi connectivity index (χ1n) is 14.1. The lowest BCUT2D eigenvalue weighted by atomic mass is 9.81. The second kappa shape index (κ2) is 11.4. The van der Waals surface area contributed by atoms with E-state index < -0.39 is 48.7 Å². The first-order chi connectivity index (χ1) is 20.9. The van der Waals surface area contributed by atoms with Gasteiger partial charge < -0.3 is 20.3 Å². The van der Waals surface area contributed by atoms with Crippen molar-refractivity contribution in [3.63, 3.8) is 0 Å². The van der Waals surface area contributed by atoms with Crippen LogP contribution >= 0.6 is 0 Å². The number of ether oxygens (including phenoxy) is 1. The minimum atomic E-state index is -4.62. The third kappa shape index (κ3) is 5.84. The highest BCUT2D eigenvalue weighted by Gasteiger charge is 2.48. The summed E-state index contributed by atoms with van der Waals surface area (Å²) in [6.45, 7) is -0.722. The van der Waals surface area contributed by atoms with E-state index in [-0.39, 0.29) is 49.5 Å². The summed E-state index contributed by atoms with van der Waals surface area (Å²) in [7, 11) is 1.36. The number of carbonyl (C=O) groups is 2. The summed E-state index contributed by atoms with van der Waals surface area (Å²) >= 11 is 0. The minimum absolute atomic E-state index is 0.0188. The maximum atomic E-state index is 14.1. The predicted octanol–water partition coefficient (Wildman–Crippen LogP) is 4.23. The molecule has 3 atom stereocenters. The van der Waals surface area contributed by atoms with E-state index in [0.717, 1.165) is 23.3 Å². The van der Waals surface area contributed by atoms with Gasteiger partial charge in [-0.15, -0.1) is 0 Å². The average molecular weight is 625 g/mol. The summed E-state index contributed by atoms with van der Waals surface area (Å²) < 4.78 is 79.5. The zero-order valence-electron chi connectivity index (χ0n) is 23.5. The lowest BCUT2D eigenvalue weighted by molar-refractivity contribution is -0.150. The quantitative estimate of drug-likeness (QED) is 0.337. The molecular weight excluding hydrogens is 595 g/mol. The van der Waals surface area contributed by atoms with Crippen molar-refractivity contribution < 1.29 is 40.9 Å². The largest absolute Gasteiger partial charge is 0.410 e. The predicted molar refractivity (Wildman–Crippen MR) is 141 cm³/mol. The first kappa shape index (κ1) is 29.9. The van der Waals surface area contributed by atoms with Crippen molar-refractivity contribution in [2.75, 3.05) is 20.3 Å². The molecule has 0 spiro atoms. The number of rotatable bonds is 9. The van der Waals surface area contributed by atoms with E-state index in [0.29, 0.717) is 17.0 Å². The SMILES string of the molecule is COC[C@H](c1cnn2cc([C@@H](NC(=O)c3nonc3C3=CCC3)C3CCC(F)(F)CC3)nc2c1)N1C[C@@H](C(F)(F)F)NC1=O. The highest BCUT2D eigenvalue weighted by Crippen LogP contribution is 2.42. The van der Waals surface area contributed by atoms with E-state index in [1.54, 1.807) is 12.3 Å². The number of imidazole rings is 1. The van der Waals surface area contributed by atoms with Crippen LogP contribution in [0.4, 0.5) is 26.7 Å². The van der Waals surface area contributed by atoms with Crippen LogP contribution in [0.15, 0.2) is 29.2 Å². The lowest BCUT2D eigenvalue weighted by Crippen LogP contribution is -2.40. The number of halogens is 5. The van der Waals surface area contributed by atoms with Crippen LogP contribution in [-0.2, 0) is 4.74 Å². The Balaban J connectivity index is 1.30. The Hall–Kier alpha value is -4.15. The Bertz CT molecular complexity index is 1580. The van der Waals surface area contributed by atoms with Gasteiger partial charge in [0, 0.05) is 25.5 Å². The number of aromatic nitrogens is 5. The third-order valence-corrected chi connectivity index (χ3v) is 8.43. The molecule has 2 aliphatic carbocycles. The molecule has 1 saturated carbocycles. The molecule has 1 aliphatic heterocycles. The van der Waals surface area contributed by atoms with E-state index in [2.05, 4.69) is 25.7 Å². The van der Waals surface area contributed by atoms with Crippen molar-refractivity contribution in [3.8, 4) is 0 Å². The van der Waals surface area contributed by atoms with E-state index in [4.69, 9.17) is 9.37 Å². The molecule has 4 heterocycles. The molecule has 0 radical (unpaired) electrons. The fraction of sp³-hybridized carbons (Fsp3) is 0.556. The lowest BCUT2D eigenvalue weighted by Gasteiger charge is -2.33. The molecule has 44 heavy (non-hydrogen) atoms. The van der Waals surface area contributed by atoms with Crippen LogP contribution in [0.2, 0.25) is 0 Å². The number of methoxy groups -OCH3 is 1. The number of amides is 3. The minimum Gasteiger partial charge on any atom is -0.382 e. The van der Waals surface area contributed by atoms with Gasteiger partial charge in [-0.2, -0.15) is 18.3 Å². The van der Waals surface area contributed by atoms with Gasteiger partial charge in [0.25, 0.3) is 5.91 Å². The summed E-state index contributed by atoms with van der Waals surface area (Å²) in [4.78, 5) is 31.6. The summed E-state index contributed by atoms with van der Waals surface area (Å²) in [5, 5.41) is 16.8. The van der Waals surface area contributed by atoms with Crippen molar-refractivity contribution in [3.05, 3.63) is 47.2 Å². The number of nitrogens with zero attached hydrogens (tertiary/aromatic N) is 6. The number of hydrogen-bond donors (Lipinski definition) is 2. The Kier molecular flexibility index (Phi) is 7.75. The van der Waals surface area contributed by atoms with Crippen LogP contribution in [-0.4, -0.2) is 80.2 Å². The Morgan fingerprint density at radius 2 is 2.02 bits per heavy atom. The van der Waals surface area contributed by atoms with Crippen molar-refractivity contribution >= 4 is 23.2 Å². The van der Waals surface area contributed by atoms with Crippen molar-refractivity contribution in [2.24, 2.45) is 5.92 Å². The van der Waals surface area contributed by atoms with Gasteiger partial charge >= 0.3 is 12.2 Å². The van der Waals surface area contributed by atoms with E-state index in [1.165, 1.54) is 17.8 Å². The molecule has 0 unspecified atom stereocenters. The normalized spacial score (nSPS) is 22.0. The fourth-order valence-corrected chi connectivity index (χ4v) is 5.87. The van der Waals surface area contributed by atoms with E-state index >= 15 is 0 Å². The number of alkyl halides is 5. The molecule has 3 aromatic rings. The number of fused-ring (bicyclic) bond motifs is 1. The Morgan fingerprint density at radius 1 is 1.27 bits per heavy atom. The summed E-state index contributed by atoms with van der Waals surface area (Å²) in [5.74, 6) is -3.78. The average Bonchev–Trinajstić information content (AvgIpc) is 3.67. The zero-order valence-corrected chi connectivity index (χ0v) is 23.5. The zero-order chi connectivity index (χ0) is 31.2. The van der Waals surface area contributed by atoms with Crippen LogP contribution in [0.3, 0.4) is 0 Å². The number of carbonyl (C=O) groups excluding carboxylic acids is 2. The molecule has 12 nitrogen and oxygen atoms in total. The topological polar surface area (TPSA) is 140 Å². The van der Waals surface area contributed by atoms with Crippen LogP contribution in [0.5, 0.6) is 0 Å². The second-order valence-electron chi connectivity index (χ2n) is 11.3. The number of nitrogens with one attached hydrogen (secondary N) is 2. The number of allylic oxidation sites excluding steroid dienone is 2. The van der Waals surface area contributed by atoms with Gasteiger partial charge in [-0.05, 0) is 53.6 Å². The van der Waals surface area contributed by atoms with Gasteiger partial charge in [0.1, 0.15) is 11.7 Å². The van der Waals surface area contributed by atoms with Gasteiger partial charge in [-0.25, -0.2) is 27.7 Å². The summed E-state index contributed by atoms with van der Waals surface area (Å²) in [5.41, 5.74) is 2.13. The third-order valence-electron chi connectivity index (χ3n) is 8.43. The summed E-state index contributed by atoms with van der Waals surface area (Å²) in [6, 6.07) is -3.06. The van der Waals surface area contributed by atoms with Gasteiger partial charge in [-0.1, -0.05) is 6.08 Å². The first-order valence-corrected chi connectivity index (χ1v) is 14.1.